The molecule has 3 aromatic rings. The third-order valence-corrected chi connectivity index (χ3v) is 8.06. The van der Waals surface area contributed by atoms with Gasteiger partial charge in [-0.15, -0.1) is 11.3 Å². The van der Waals surface area contributed by atoms with E-state index in [1.165, 1.54) is 29.2 Å². The number of aryl methyl sites for hydroxylation is 1. The molecule has 5 nitrogen and oxygen atoms in total. The maximum Gasteiger partial charge on any atom is 0.416 e. The molecule has 0 saturated carbocycles. The van der Waals surface area contributed by atoms with Crippen molar-refractivity contribution in [2.75, 3.05) is 5.32 Å². The van der Waals surface area contributed by atoms with E-state index in [2.05, 4.69) is 31.1 Å². The molecule has 34 heavy (non-hydrogen) atoms. The molecular weight excluding hydrogens is 487 g/mol. The highest BCUT2D eigenvalue weighted by Crippen LogP contribution is 2.42. The fourth-order valence-corrected chi connectivity index (χ4v) is 5.78. The summed E-state index contributed by atoms with van der Waals surface area (Å²) in [5, 5.41) is 2.92. The number of hydrogen-bond donors (Lipinski definition) is 1. The third kappa shape index (κ3) is 4.60. The second-order valence-corrected chi connectivity index (χ2v) is 11.3. The first kappa shape index (κ1) is 24.7. The Morgan fingerprint density at radius 2 is 2.00 bits per heavy atom. The minimum atomic E-state index is -4.58. The highest BCUT2D eigenvalue weighted by atomic mass is 35.5. The van der Waals surface area contributed by atoms with Gasteiger partial charge < -0.3 is 5.32 Å². The Morgan fingerprint density at radius 1 is 1.29 bits per heavy atom. The van der Waals surface area contributed by atoms with Crippen molar-refractivity contribution in [3.8, 4) is 0 Å². The summed E-state index contributed by atoms with van der Waals surface area (Å²) in [4.78, 5) is 32.5. The number of carbonyl (C=O) groups excluding carboxylic acids is 1. The summed E-state index contributed by atoms with van der Waals surface area (Å²) < 4.78 is 40.4. The topological polar surface area (TPSA) is 64.0 Å². The van der Waals surface area contributed by atoms with Crippen molar-refractivity contribution in [3.63, 3.8) is 0 Å². The molecule has 10 heteroatoms. The van der Waals surface area contributed by atoms with Gasteiger partial charge in [0.1, 0.15) is 10.9 Å². The van der Waals surface area contributed by atoms with Crippen molar-refractivity contribution < 1.29 is 18.0 Å². The highest BCUT2D eigenvalue weighted by Gasteiger charge is 2.33. The van der Waals surface area contributed by atoms with Gasteiger partial charge in [0.15, 0.2) is 0 Å². The maximum atomic E-state index is 13.4. The van der Waals surface area contributed by atoms with Crippen LogP contribution in [-0.4, -0.2) is 15.5 Å². The fraction of sp³-hybridized carbons (Fsp3) is 0.458. The zero-order valence-electron chi connectivity index (χ0n) is 19.2. The fourth-order valence-electron chi connectivity index (χ4n) is 4.36. The minimum absolute atomic E-state index is 0.0326. The van der Waals surface area contributed by atoms with Gasteiger partial charge in [-0.05, 0) is 61.3 Å². The molecular formula is C24H25ClF3N3O2S. The van der Waals surface area contributed by atoms with Crippen LogP contribution in [0, 0.1) is 11.3 Å². The first-order valence-corrected chi connectivity index (χ1v) is 12.2. The van der Waals surface area contributed by atoms with Gasteiger partial charge in [0.2, 0.25) is 5.91 Å². The van der Waals surface area contributed by atoms with Crippen molar-refractivity contribution in [2.24, 2.45) is 11.3 Å². The van der Waals surface area contributed by atoms with E-state index in [1.807, 2.05) is 0 Å². The van der Waals surface area contributed by atoms with Gasteiger partial charge in [-0.1, -0.05) is 32.4 Å². The molecule has 4 rings (SSSR count). The molecule has 0 spiro atoms. The van der Waals surface area contributed by atoms with Crippen molar-refractivity contribution >= 4 is 44.7 Å². The van der Waals surface area contributed by atoms with E-state index < -0.39 is 23.7 Å². The summed E-state index contributed by atoms with van der Waals surface area (Å²) in [6.45, 7) is 8.16. The van der Waals surface area contributed by atoms with E-state index in [4.69, 9.17) is 11.6 Å². The predicted octanol–water partition coefficient (Wildman–Crippen LogP) is 6.48. The zero-order valence-corrected chi connectivity index (χ0v) is 20.8. The van der Waals surface area contributed by atoms with Crippen molar-refractivity contribution in [1.82, 2.24) is 9.55 Å². The Kier molecular flexibility index (Phi) is 6.31. The number of rotatable bonds is 3. The van der Waals surface area contributed by atoms with E-state index in [9.17, 15) is 22.8 Å². The molecule has 1 aromatic carbocycles. The average Bonchev–Trinajstić information content (AvgIpc) is 3.12. The molecule has 0 saturated heterocycles. The number of carbonyl (C=O) groups is 1. The molecule has 0 aliphatic heterocycles. The SMILES string of the molecule is CC(C(=O)Nc1cc(C(F)(F)F)ccc1Cl)n1cnc2sc3c(c2c1=O)CCC(C(C)(C)C)C3. The summed E-state index contributed by atoms with van der Waals surface area (Å²) >= 11 is 7.52. The van der Waals surface area contributed by atoms with Crippen LogP contribution in [0.2, 0.25) is 5.02 Å². The number of benzene rings is 1. The number of fused-ring (bicyclic) bond motifs is 3. The normalized spacial score (nSPS) is 17.5. The van der Waals surface area contributed by atoms with Crippen LogP contribution >= 0.6 is 22.9 Å². The first-order valence-electron chi connectivity index (χ1n) is 11.0. The molecule has 1 amide bonds. The van der Waals surface area contributed by atoms with Crippen LogP contribution in [0.3, 0.4) is 0 Å². The molecule has 1 aliphatic rings. The second kappa shape index (κ2) is 8.68. The van der Waals surface area contributed by atoms with Crippen LogP contribution in [0.5, 0.6) is 0 Å². The average molecular weight is 512 g/mol. The van der Waals surface area contributed by atoms with Gasteiger partial charge in [0, 0.05) is 4.88 Å². The van der Waals surface area contributed by atoms with Crippen LogP contribution in [-0.2, 0) is 23.8 Å². The monoisotopic (exact) mass is 511 g/mol. The van der Waals surface area contributed by atoms with Crippen LogP contribution in [0.15, 0.2) is 29.3 Å². The number of thiophene rings is 1. The van der Waals surface area contributed by atoms with Crippen LogP contribution in [0.4, 0.5) is 18.9 Å². The van der Waals surface area contributed by atoms with Gasteiger partial charge in [0.05, 0.1) is 28.0 Å². The van der Waals surface area contributed by atoms with Gasteiger partial charge in [-0.25, -0.2) is 4.98 Å². The maximum absolute atomic E-state index is 13.4. The lowest BCUT2D eigenvalue weighted by Gasteiger charge is -2.33. The van der Waals surface area contributed by atoms with E-state index >= 15 is 0 Å². The number of amides is 1. The molecule has 2 aromatic heterocycles. The Hall–Kier alpha value is -2.39. The molecule has 2 unspecified atom stereocenters. The van der Waals surface area contributed by atoms with E-state index in [0.717, 1.165) is 47.9 Å². The van der Waals surface area contributed by atoms with E-state index in [1.54, 1.807) is 0 Å². The van der Waals surface area contributed by atoms with E-state index in [0.29, 0.717) is 16.1 Å². The predicted molar refractivity (Wildman–Crippen MR) is 129 cm³/mol. The van der Waals surface area contributed by atoms with Gasteiger partial charge >= 0.3 is 6.18 Å². The summed E-state index contributed by atoms with van der Waals surface area (Å²) in [6.07, 6.45) is -0.611. The first-order chi connectivity index (χ1) is 15.8. The minimum Gasteiger partial charge on any atom is -0.323 e. The number of nitrogens with one attached hydrogen (secondary N) is 1. The zero-order chi connectivity index (χ0) is 25.0. The molecule has 0 fully saturated rings. The quantitative estimate of drug-likeness (QED) is 0.437. The lowest BCUT2D eigenvalue weighted by molar-refractivity contribution is -0.137. The van der Waals surface area contributed by atoms with Crippen LogP contribution < -0.4 is 10.9 Å². The largest absolute Gasteiger partial charge is 0.416 e. The number of anilines is 1. The van der Waals surface area contributed by atoms with Crippen molar-refractivity contribution in [3.05, 3.63) is 55.9 Å². The second-order valence-electron chi connectivity index (χ2n) is 9.80. The van der Waals surface area contributed by atoms with Crippen LogP contribution in [0.1, 0.15) is 56.2 Å². The summed E-state index contributed by atoms with van der Waals surface area (Å²) in [7, 11) is 0. The highest BCUT2D eigenvalue weighted by molar-refractivity contribution is 7.18. The Balaban J connectivity index is 1.64. The molecule has 1 N–H and O–H groups in total. The summed E-state index contributed by atoms with van der Waals surface area (Å²) in [5.41, 5.74) is -0.260. The Morgan fingerprint density at radius 3 is 2.65 bits per heavy atom. The Labute approximate surface area is 204 Å². The number of hydrogen-bond acceptors (Lipinski definition) is 4. The Bertz CT molecular complexity index is 1320. The van der Waals surface area contributed by atoms with Crippen LogP contribution in [0.25, 0.3) is 10.2 Å². The molecule has 182 valence electrons. The van der Waals surface area contributed by atoms with Gasteiger partial charge in [0.25, 0.3) is 5.56 Å². The number of nitrogens with zero attached hydrogens (tertiary/aromatic N) is 2. The molecule has 0 radical (unpaired) electrons. The third-order valence-electron chi connectivity index (χ3n) is 6.57. The van der Waals surface area contributed by atoms with Gasteiger partial charge in [-0.3, -0.25) is 14.2 Å². The van der Waals surface area contributed by atoms with Gasteiger partial charge in [-0.2, -0.15) is 13.2 Å². The molecule has 1 aliphatic carbocycles. The summed E-state index contributed by atoms with van der Waals surface area (Å²) in [6, 6.07) is 1.69. The summed E-state index contributed by atoms with van der Waals surface area (Å²) in [5.74, 6) is -0.154. The molecule has 2 heterocycles. The number of aromatic nitrogens is 2. The molecule has 0 bridgehead atoms. The molecule has 2 atom stereocenters. The standard InChI is InChI=1S/C24H25ClF3N3O2S/c1-12(20(32)30-17-9-14(24(26,27)28)6-8-16(17)25)31-11-29-21-19(22(31)33)15-7-5-13(23(2,3)4)10-18(15)34-21/h6,8-9,11-13H,5,7,10H2,1-4H3,(H,30,32). The lowest BCUT2D eigenvalue weighted by atomic mass is 9.72. The van der Waals surface area contributed by atoms with Crippen molar-refractivity contribution in [1.29, 1.82) is 0 Å². The number of halogens is 4. The van der Waals surface area contributed by atoms with E-state index in [-0.39, 0.29) is 21.7 Å². The number of alkyl halides is 3. The lowest BCUT2D eigenvalue weighted by Crippen LogP contribution is -2.32. The van der Waals surface area contributed by atoms with Crippen molar-refractivity contribution in [2.45, 2.75) is 59.2 Å². The smallest absolute Gasteiger partial charge is 0.323 e.